The van der Waals surface area contributed by atoms with Gasteiger partial charge in [0.1, 0.15) is 36.1 Å². The van der Waals surface area contributed by atoms with Gasteiger partial charge >= 0.3 is 0 Å². The summed E-state index contributed by atoms with van der Waals surface area (Å²) in [6, 6.07) is 0. The molecular formula is C24H40O10. The Morgan fingerprint density at radius 2 is 1.59 bits per heavy atom. The van der Waals surface area contributed by atoms with Crippen molar-refractivity contribution in [2.24, 2.45) is 23.2 Å². The van der Waals surface area contributed by atoms with E-state index in [4.69, 9.17) is 28.4 Å². The lowest BCUT2D eigenvalue weighted by Crippen LogP contribution is -2.60. The van der Waals surface area contributed by atoms with Crippen molar-refractivity contribution in [3.63, 3.8) is 0 Å². The molecule has 3 heterocycles. The standard InChI is InChI=1S/C24H40O10/c1-22(2)13-6-5-12(7-13)14(22)8-29-20-18(27)17(26)16(25)15(33-20)9-30-21-19(28)24(10-31-21)11-32-23(3,4)34-24/h12-21,25-28H,5-11H2,1-4H3/t12-,13+,14-,15+,16+,17-,18+,19-,20+,21+,24+/m0/s1. The Hall–Kier alpha value is -0.400. The molecule has 1 spiro atoms. The van der Waals surface area contributed by atoms with Crippen LogP contribution < -0.4 is 0 Å². The Labute approximate surface area is 200 Å². The highest BCUT2D eigenvalue weighted by molar-refractivity contribution is 5.02. The minimum atomic E-state index is -1.45. The van der Waals surface area contributed by atoms with Gasteiger partial charge in [-0.2, -0.15) is 0 Å². The molecule has 3 aliphatic heterocycles. The zero-order valence-corrected chi connectivity index (χ0v) is 20.5. The maximum absolute atomic E-state index is 10.7. The van der Waals surface area contributed by atoms with Gasteiger partial charge in [0.2, 0.25) is 0 Å². The summed E-state index contributed by atoms with van der Waals surface area (Å²) in [5.41, 5.74) is -0.856. The molecule has 4 N–H and O–H groups in total. The maximum Gasteiger partial charge on any atom is 0.186 e. The largest absolute Gasteiger partial charge is 0.387 e. The van der Waals surface area contributed by atoms with E-state index in [1.54, 1.807) is 13.8 Å². The molecule has 5 fully saturated rings. The molecule has 2 saturated carbocycles. The lowest BCUT2D eigenvalue weighted by molar-refractivity contribution is -0.313. The summed E-state index contributed by atoms with van der Waals surface area (Å²) in [4.78, 5) is 0. The first-order valence-corrected chi connectivity index (χ1v) is 12.5. The van der Waals surface area contributed by atoms with E-state index in [1.807, 2.05) is 0 Å². The van der Waals surface area contributed by atoms with Gasteiger partial charge < -0.3 is 48.8 Å². The highest BCUT2D eigenvalue weighted by Crippen LogP contribution is 2.59. The van der Waals surface area contributed by atoms with Crippen LogP contribution >= 0.6 is 0 Å². The third-order valence-electron chi connectivity index (χ3n) is 8.99. The average Bonchev–Trinajstić information content (AvgIpc) is 3.51. The minimum absolute atomic E-state index is 0.1000. The van der Waals surface area contributed by atoms with Crippen LogP contribution in [0.5, 0.6) is 0 Å². The molecule has 5 rings (SSSR count). The Balaban J connectivity index is 1.17. The van der Waals surface area contributed by atoms with Crippen LogP contribution in [-0.2, 0) is 28.4 Å². The number of hydrogen-bond donors (Lipinski definition) is 4. The van der Waals surface area contributed by atoms with Crippen molar-refractivity contribution < 1.29 is 48.8 Å². The van der Waals surface area contributed by atoms with Crippen LogP contribution in [-0.4, -0.2) is 101 Å². The number of aliphatic hydroxyl groups excluding tert-OH is 4. The fourth-order valence-corrected chi connectivity index (χ4v) is 6.75. The number of hydrogen-bond acceptors (Lipinski definition) is 10. The lowest BCUT2D eigenvalue weighted by Gasteiger charge is -2.43. The van der Waals surface area contributed by atoms with Crippen molar-refractivity contribution in [1.82, 2.24) is 0 Å². The summed E-state index contributed by atoms with van der Waals surface area (Å²) in [5, 5.41) is 42.1. The smallest absolute Gasteiger partial charge is 0.186 e. The Bertz CT molecular complexity index is 745. The SMILES string of the molecule is CC1(C)OC[C@@]2(CO[C@@H](OC[C@H]3O[C@@H](OC[C@H]4[C@H]5CC[C@H](C5)C4(C)C)[C@H](O)[C@@H](O)[C@@H]3O)[C@@H]2O)O1. The monoisotopic (exact) mass is 488 g/mol. The van der Waals surface area contributed by atoms with Crippen LogP contribution in [0, 0.1) is 23.2 Å². The molecule has 2 bridgehead atoms. The number of ether oxygens (including phenoxy) is 6. The van der Waals surface area contributed by atoms with Gasteiger partial charge in [-0.3, -0.25) is 0 Å². The molecule has 3 saturated heterocycles. The van der Waals surface area contributed by atoms with Crippen LogP contribution in [0.15, 0.2) is 0 Å². The van der Waals surface area contributed by atoms with Crippen molar-refractivity contribution in [3.8, 4) is 0 Å². The Morgan fingerprint density at radius 1 is 0.853 bits per heavy atom. The summed E-state index contributed by atoms with van der Waals surface area (Å²) in [6.45, 7) is 8.60. The van der Waals surface area contributed by atoms with E-state index < -0.39 is 54.5 Å². The third-order valence-corrected chi connectivity index (χ3v) is 8.99. The summed E-state index contributed by atoms with van der Waals surface area (Å²) < 4.78 is 34.6. The summed E-state index contributed by atoms with van der Waals surface area (Å²) in [5.74, 6) is 0.824. The van der Waals surface area contributed by atoms with E-state index in [1.165, 1.54) is 19.3 Å². The molecule has 5 aliphatic rings. The van der Waals surface area contributed by atoms with Gasteiger partial charge in [0.15, 0.2) is 18.4 Å². The number of aliphatic hydroxyl groups is 4. The van der Waals surface area contributed by atoms with Crippen molar-refractivity contribution in [2.75, 3.05) is 26.4 Å². The van der Waals surface area contributed by atoms with E-state index in [0.29, 0.717) is 24.4 Å². The van der Waals surface area contributed by atoms with Gasteiger partial charge in [0.25, 0.3) is 0 Å². The topological polar surface area (TPSA) is 136 Å². The fraction of sp³-hybridized carbons (Fsp3) is 1.00. The van der Waals surface area contributed by atoms with E-state index >= 15 is 0 Å². The second kappa shape index (κ2) is 8.86. The van der Waals surface area contributed by atoms with Gasteiger partial charge in [-0.25, -0.2) is 0 Å². The fourth-order valence-electron chi connectivity index (χ4n) is 6.75. The highest BCUT2D eigenvalue weighted by Gasteiger charge is 2.58. The quantitative estimate of drug-likeness (QED) is 0.409. The van der Waals surface area contributed by atoms with Gasteiger partial charge in [0.05, 0.1) is 26.4 Å². The van der Waals surface area contributed by atoms with Crippen molar-refractivity contribution in [3.05, 3.63) is 0 Å². The average molecular weight is 489 g/mol. The van der Waals surface area contributed by atoms with E-state index in [-0.39, 0.29) is 25.2 Å². The third kappa shape index (κ3) is 4.23. The van der Waals surface area contributed by atoms with Crippen molar-refractivity contribution in [1.29, 1.82) is 0 Å². The van der Waals surface area contributed by atoms with Crippen LogP contribution in [0.1, 0.15) is 47.0 Å². The van der Waals surface area contributed by atoms with Gasteiger partial charge in [-0.05, 0) is 56.3 Å². The zero-order chi connectivity index (χ0) is 24.5. The number of rotatable bonds is 6. The first-order chi connectivity index (χ1) is 15.9. The van der Waals surface area contributed by atoms with Gasteiger partial charge in [0, 0.05) is 0 Å². The normalized spacial score (nSPS) is 51.5. The maximum atomic E-state index is 10.7. The second-order valence-corrected chi connectivity index (χ2v) is 11.9. The Morgan fingerprint density at radius 3 is 2.24 bits per heavy atom. The predicted molar refractivity (Wildman–Crippen MR) is 116 cm³/mol. The van der Waals surface area contributed by atoms with E-state index in [2.05, 4.69) is 13.8 Å². The predicted octanol–water partition coefficient (Wildman–Crippen LogP) is 0.138. The van der Waals surface area contributed by atoms with Crippen LogP contribution in [0.2, 0.25) is 0 Å². The van der Waals surface area contributed by atoms with Crippen LogP contribution in [0.4, 0.5) is 0 Å². The molecule has 0 radical (unpaired) electrons. The molecule has 196 valence electrons. The first-order valence-electron chi connectivity index (χ1n) is 12.5. The van der Waals surface area contributed by atoms with E-state index in [9.17, 15) is 20.4 Å². The van der Waals surface area contributed by atoms with Gasteiger partial charge in [-0.15, -0.1) is 0 Å². The molecule has 34 heavy (non-hydrogen) atoms. The number of fused-ring (bicyclic) bond motifs is 2. The molecular weight excluding hydrogens is 448 g/mol. The molecule has 0 unspecified atom stereocenters. The molecule has 10 heteroatoms. The molecule has 11 atom stereocenters. The first kappa shape index (κ1) is 25.3. The van der Waals surface area contributed by atoms with Crippen molar-refractivity contribution in [2.45, 2.75) is 101 Å². The zero-order valence-electron chi connectivity index (χ0n) is 20.5. The van der Waals surface area contributed by atoms with Crippen LogP contribution in [0.3, 0.4) is 0 Å². The molecule has 0 amide bonds. The van der Waals surface area contributed by atoms with E-state index in [0.717, 1.165) is 0 Å². The van der Waals surface area contributed by atoms with Crippen molar-refractivity contribution >= 4 is 0 Å². The Kier molecular flexibility index (Phi) is 6.59. The minimum Gasteiger partial charge on any atom is -0.387 e. The molecule has 0 aromatic heterocycles. The summed E-state index contributed by atoms with van der Waals surface area (Å²) in [7, 11) is 0. The summed E-state index contributed by atoms with van der Waals surface area (Å²) in [6.07, 6.45) is -4.71. The molecule has 0 aromatic carbocycles. The highest BCUT2D eigenvalue weighted by atomic mass is 16.8. The van der Waals surface area contributed by atoms with Crippen LogP contribution in [0.25, 0.3) is 0 Å². The second-order valence-electron chi connectivity index (χ2n) is 11.9. The summed E-state index contributed by atoms with van der Waals surface area (Å²) >= 11 is 0. The van der Waals surface area contributed by atoms with Gasteiger partial charge in [-0.1, -0.05) is 13.8 Å². The molecule has 0 aromatic rings. The lowest BCUT2D eigenvalue weighted by atomic mass is 9.69. The molecule has 10 nitrogen and oxygen atoms in total. The molecule has 2 aliphatic carbocycles.